The van der Waals surface area contributed by atoms with E-state index in [2.05, 4.69) is 5.32 Å². The fraction of sp³-hybridized carbons (Fsp3) is 0.364. The van der Waals surface area contributed by atoms with Crippen molar-refractivity contribution in [3.05, 3.63) is 34.9 Å². The average Bonchev–Trinajstić information content (AvgIpc) is 2.17. The smallest absolute Gasteiger partial charge is 0.320 e. The molecule has 2 N–H and O–H groups in total. The lowest BCUT2D eigenvalue weighted by Crippen LogP contribution is -2.35. The Labute approximate surface area is 94.1 Å². The third kappa shape index (κ3) is 3.53. The molecule has 0 fully saturated rings. The molecule has 0 aliphatic rings. The van der Waals surface area contributed by atoms with Gasteiger partial charge in [-0.05, 0) is 31.5 Å². The molecule has 3 nitrogen and oxygen atoms in total. The highest BCUT2D eigenvalue weighted by molar-refractivity contribution is 6.30. The molecular formula is C11H14ClNO2. The van der Waals surface area contributed by atoms with Crippen LogP contribution in [0.5, 0.6) is 0 Å². The summed E-state index contributed by atoms with van der Waals surface area (Å²) < 4.78 is 0. The van der Waals surface area contributed by atoms with Gasteiger partial charge in [0.1, 0.15) is 6.04 Å². The molecule has 0 saturated heterocycles. The highest BCUT2D eigenvalue weighted by Gasteiger charge is 2.14. The molecule has 0 amide bonds. The van der Waals surface area contributed by atoms with E-state index >= 15 is 0 Å². The number of benzene rings is 1. The van der Waals surface area contributed by atoms with Gasteiger partial charge in [-0.15, -0.1) is 0 Å². The Morgan fingerprint density at radius 3 is 2.67 bits per heavy atom. The van der Waals surface area contributed by atoms with E-state index in [4.69, 9.17) is 16.7 Å². The zero-order valence-electron chi connectivity index (χ0n) is 8.70. The van der Waals surface area contributed by atoms with E-state index in [-0.39, 0.29) is 6.04 Å². The van der Waals surface area contributed by atoms with Crippen molar-refractivity contribution in [2.75, 3.05) is 0 Å². The van der Waals surface area contributed by atoms with E-state index in [1.54, 1.807) is 13.0 Å². The molecule has 0 saturated carbocycles. The minimum Gasteiger partial charge on any atom is -0.480 e. The molecule has 0 aliphatic carbocycles. The number of aliphatic carboxylic acids is 1. The van der Waals surface area contributed by atoms with Gasteiger partial charge in [0.25, 0.3) is 0 Å². The molecule has 1 rings (SSSR count). The summed E-state index contributed by atoms with van der Waals surface area (Å²) in [4.78, 5) is 10.6. The van der Waals surface area contributed by atoms with Crippen LogP contribution in [0.3, 0.4) is 0 Å². The quantitative estimate of drug-likeness (QED) is 0.831. The van der Waals surface area contributed by atoms with Gasteiger partial charge in [-0.2, -0.15) is 0 Å². The fourth-order valence-corrected chi connectivity index (χ4v) is 1.52. The Morgan fingerprint density at radius 1 is 1.47 bits per heavy atom. The topological polar surface area (TPSA) is 49.3 Å². The predicted molar refractivity (Wildman–Crippen MR) is 60.1 cm³/mol. The summed E-state index contributed by atoms with van der Waals surface area (Å²) in [6.07, 6.45) is 0. The molecule has 0 aromatic heterocycles. The number of halogens is 1. The van der Waals surface area contributed by atoms with Crippen molar-refractivity contribution >= 4 is 17.6 Å². The first-order valence-electron chi connectivity index (χ1n) is 4.75. The van der Waals surface area contributed by atoms with Crippen LogP contribution >= 0.6 is 11.6 Å². The predicted octanol–water partition coefficient (Wildman–Crippen LogP) is 2.46. The maximum Gasteiger partial charge on any atom is 0.320 e. The van der Waals surface area contributed by atoms with Crippen LogP contribution in [-0.2, 0) is 4.79 Å². The van der Waals surface area contributed by atoms with Gasteiger partial charge >= 0.3 is 5.97 Å². The van der Waals surface area contributed by atoms with Gasteiger partial charge in [0.2, 0.25) is 0 Å². The van der Waals surface area contributed by atoms with Gasteiger partial charge in [0.15, 0.2) is 0 Å². The Morgan fingerprint density at radius 2 is 2.13 bits per heavy atom. The average molecular weight is 228 g/mol. The zero-order chi connectivity index (χ0) is 11.4. The second-order valence-corrected chi connectivity index (χ2v) is 3.94. The third-order valence-electron chi connectivity index (χ3n) is 2.22. The molecule has 0 radical (unpaired) electrons. The summed E-state index contributed by atoms with van der Waals surface area (Å²) in [5, 5.41) is 12.4. The first kappa shape index (κ1) is 12.0. The third-order valence-corrected chi connectivity index (χ3v) is 2.45. The number of rotatable bonds is 4. The normalized spacial score (nSPS) is 14.6. The number of carboxylic acid groups (broad SMARTS) is 1. The number of nitrogens with one attached hydrogen (secondary N) is 1. The maximum atomic E-state index is 10.6. The van der Waals surface area contributed by atoms with E-state index in [0.29, 0.717) is 5.02 Å². The Kier molecular flexibility index (Phi) is 4.12. The molecule has 2 atom stereocenters. The molecule has 82 valence electrons. The summed E-state index contributed by atoms with van der Waals surface area (Å²) in [6, 6.07) is 6.78. The Bertz CT molecular complexity index is 354. The minimum absolute atomic E-state index is 0.0326. The Balaban J connectivity index is 2.68. The molecule has 4 heteroatoms. The van der Waals surface area contributed by atoms with E-state index < -0.39 is 12.0 Å². The van der Waals surface area contributed by atoms with Gasteiger partial charge in [-0.3, -0.25) is 10.1 Å². The highest BCUT2D eigenvalue weighted by atomic mass is 35.5. The Hall–Kier alpha value is -1.06. The van der Waals surface area contributed by atoms with Crippen molar-refractivity contribution < 1.29 is 9.90 Å². The van der Waals surface area contributed by atoms with Crippen LogP contribution in [0.15, 0.2) is 24.3 Å². The fourth-order valence-electron chi connectivity index (χ4n) is 1.32. The van der Waals surface area contributed by atoms with Gasteiger partial charge in [0.05, 0.1) is 0 Å². The van der Waals surface area contributed by atoms with Crippen molar-refractivity contribution in [3.63, 3.8) is 0 Å². The molecule has 15 heavy (non-hydrogen) atoms. The molecule has 1 aromatic carbocycles. The van der Waals surface area contributed by atoms with Crippen molar-refractivity contribution in [2.45, 2.75) is 25.9 Å². The summed E-state index contributed by atoms with van der Waals surface area (Å²) >= 11 is 5.84. The number of hydrogen-bond acceptors (Lipinski definition) is 2. The van der Waals surface area contributed by atoms with Crippen LogP contribution in [0.25, 0.3) is 0 Å². The first-order valence-corrected chi connectivity index (χ1v) is 5.13. The van der Waals surface area contributed by atoms with Crippen LogP contribution in [0.2, 0.25) is 5.02 Å². The first-order chi connectivity index (χ1) is 7.00. The van der Waals surface area contributed by atoms with E-state index in [1.807, 2.05) is 25.1 Å². The lowest BCUT2D eigenvalue weighted by atomic mass is 10.1. The van der Waals surface area contributed by atoms with Gasteiger partial charge < -0.3 is 5.11 Å². The number of carbonyl (C=O) groups is 1. The lowest BCUT2D eigenvalue weighted by Gasteiger charge is -2.17. The van der Waals surface area contributed by atoms with Gasteiger partial charge in [-0.25, -0.2) is 0 Å². The maximum absolute atomic E-state index is 10.6. The monoisotopic (exact) mass is 227 g/mol. The van der Waals surface area contributed by atoms with Crippen molar-refractivity contribution in [1.29, 1.82) is 0 Å². The molecular weight excluding hydrogens is 214 g/mol. The van der Waals surface area contributed by atoms with Crippen LogP contribution in [0.1, 0.15) is 25.5 Å². The summed E-state index contributed by atoms with van der Waals surface area (Å²) in [5.74, 6) is -0.858. The van der Waals surface area contributed by atoms with Crippen molar-refractivity contribution in [2.24, 2.45) is 0 Å². The molecule has 0 spiro atoms. The second kappa shape index (κ2) is 5.14. The molecule has 1 unspecified atom stereocenters. The number of carboxylic acids is 1. The van der Waals surface area contributed by atoms with Gasteiger partial charge in [-0.1, -0.05) is 23.7 Å². The molecule has 0 bridgehead atoms. The highest BCUT2D eigenvalue weighted by Crippen LogP contribution is 2.17. The van der Waals surface area contributed by atoms with E-state index in [1.165, 1.54) is 0 Å². The van der Waals surface area contributed by atoms with Crippen LogP contribution in [-0.4, -0.2) is 17.1 Å². The summed E-state index contributed by atoms with van der Waals surface area (Å²) in [7, 11) is 0. The second-order valence-electron chi connectivity index (χ2n) is 3.50. The van der Waals surface area contributed by atoms with Crippen molar-refractivity contribution in [3.8, 4) is 0 Å². The van der Waals surface area contributed by atoms with E-state index in [9.17, 15) is 4.79 Å². The largest absolute Gasteiger partial charge is 0.480 e. The molecule has 0 heterocycles. The summed E-state index contributed by atoms with van der Waals surface area (Å²) in [5.41, 5.74) is 0.982. The van der Waals surface area contributed by atoms with Gasteiger partial charge in [0, 0.05) is 11.1 Å². The van der Waals surface area contributed by atoms with Crippen LogP contribution < -0.4 is 5.32 Å². The lowest BCUT2D eigenvalue weighted by molar-refractivity contribution is -0.139. The van der Waals surface area contributed by atoms with Crippen LogP contribution in [0.4, 0.5) is 0 Å². The standard InChI is InChI=1S/C11H14ClNO2/c1-7(13-8(2)11(14)15)9-4-3-5-10(12)6-9/h3-8,13H,1-2H3,(H,14,15)/t7-,8?/m1/s1. The molecule has 1 aromatic rings. The SMILES string of the molecule is CC(N[C@H](C)c1cccc(Cl)c1)C(=O)O. The van der Waals surface area contributed by atoms with Crippen molar-refractivity contribution in [1.82, 2.24) is 5.32 Å². The van der Waals surface area contributed by atoms with Crippen LogP contribution in [0, 0.1) is 0 Å². The number of hydrogen-bond donors (Lipinski definition) is 2. The summed E-state index contributed by atoms with van der Waals surface area (Å²) in [6.45, 7) is 3.52. The zero-order valence-corrected chi connectivity index (χ0v) is 9.45. The van der Waals surface area contributed by atoms with E-state index in [0.717, 1.165) is 5.56 Å². The molecule has 0 aliphatic heterocycles. The minimum atomic E-state index is -0.858.